The molecule has 12 heteroatoms. The predicted molar refractivity (Wildman–Crippen MR) is 180 cm³/mol. The zero-order chi connectivity index (χ0) is 34.0. The second-order valence-corrected chi connectivity index (χ2v) is 10.8. The van der Waals surface area contributed by atoms with Crippen LogP contribution in [0.1, 0.15) is 36.6 Å². The lowest BCUT2D eigenvalue weighted by atomic mass is 9.95. The van der Waals surface area contributed by atoms with Gasteiger partial charge in [0.25, 0.3) is 0 Å². The Balaban J connectivity index is 1.18. The predicted octanol–water partition coefficient (Wildman–Crippen LogP) is 4.95. The number of ether oxygens (including phenoxy) is 5. The Kier molecular flexibility index (Phi) is 11.0. The van der Waals surface area contributed by atoms with Gasteiger partial charge in [-0.2, -0.15) is 5.10 Å². The van der Waals surface area contributed by atoms with Crippen LogP contribution in [0, 0.1) is 0 Å². The Bertz CT molecular complexity index is 1840. The van der Waals surface area contributed by atoms with Crippen LogP contribution in [0.25, 0.3) is 10.8 Å². The summed E-state index contributed by atoms with van der Waals surface area (Å²) in [4.78, 5) is 24.6. The number of aliphatic hydroxyl groups is 1. The number of amides is 2. The maximum atomic E-state index is 12.5. The molecule has 48 heavy (non-hydrogen) atoms. The number of carbonyl (C=O) groups is 2. The minimum absolute atomic E-state index is 0.155. The normalized spacial score (nSPS) is 15.0. The molecular formula is C36H38N4O8. The summed E-state index contributed by atoms with van der Waals surface area (Å²) in [7, 11) is 2.85. The van der Waals surface area contributed by atoms with E-state index >= 15 is 0 Å². The zero-order valence-corrected chi connectivity index (χ0v) is 27.1. The van der Waals surface area contributed by atoms with Crippen LogP contribution >= 0.6 is 0 Å². The summed E-state index contributed by atoms with van der Waals surface area (Å²) in [6, 6.07) is 23.6. The summed E-state index contributed by atoms with van der Waals surface area (Å²) in [6.45, 7) is 4.01. The zero-order valence-electron chi connectivity index (χ0n) is 27.1. The van der Waals surface area contributed by atoms with E-state index in [0.29, 0.717) is 47.5 Å². The largest absolute Gasteiger partial charge is 0.493 e. The molecule has 0 bridgehead atoms. The summed E-state index contributed by atoms with van der Waals surface area (Å²) in [6.07, 6.45) is 0.392. The highest BCUT2D eigenvalue weighted by Gasteiger charge is 2.32. The number of esters is 1. The van der Waals surface area contributed by atoms with Gasteiger partial charge in [0.2, 0.25) is 0 Å². The molecule has 2 atom stereocenters. The van der Waals surface area contributed by atoms with Crippen LogP contribution in [0.2, 0.25) is 0 Å². The van der Waals surface area contributed by atoms with Crippen LogP contribution < -0.4 is 35.0 Å². The minimum Gasteiger partial charge on any atom is -0.493 e. The molecule has 2 amide bonds. The van der Waals surface area contributed by atoms with Gasteiger partial charge in [0.1, 0.15) is 13.2 Å². The van der Waals surface area contributed by atoms with Crippen molar-refractivity contribution in [2.45, 2.75) is 32.7 Å². The van der Waals surface area contributed by atoms with Gasteiger partial charge in [-0.05, 0) is 77.7 Å². The first-order valence-corrected chi connectivity index (χ1v) is 15.3. The summed E-state index contributed by atoms with van der Waals surface area (Å²) in [5, 5.41) is 22.3. The van der Waals surface area contributed by atoms with Crippen molar-refractivity contribution in [3.05, 3.63) is 107 Å². The van der Waals surface area contributed by atoms with E-state index in [9.17, 15) is 14.7 Å². The fourth-order valence-electron chi connectivity index (χ4n) is 5.19. The van der Waals surface area contributed by atoms with Crippen molar-refractivity contribution in [2.24, 2.45) is 5.10 Å². The molecule has 0 unspecified atom stereocenters. The topological polar surface area (TPSA) is 149 Å². The minimum atomic E-state index is -1.15. The highest BCUT2D eigenvalue weighted by molar-refractivity contribution is 5.95. The molecule has 0 spiro atoms. The van der Waals surface area contributed by atoms with Gasteiger partial charge in [-0.3, -0.25) is 5.43 Å². The Morgan fingerprint density at radius 2 is 1.71 bits per heavy atom. The molecule has 4 aromatic carbocycles. The maximum absolute atomic E-state index is 12.5. The second-order valence-electron chi connectivity index (χ2n) is 10.8. The lowest BCUT2D eigenvalue weighted by molar-refractivity contribution is -0.136. The molecule has 0 aliphatic carbocycles. The van der Waals surface area contributed by atoms with Crippen LogP contribution in [-0.4, -0.2) is 57.0 Å². The lowest BCUT2D eigenvalue weighted by Gasteiger charge is -2.28. The fourth-order valence-corrected chi connectivity index (χ4v) is 5.19. The quantitative estimate of drug-likeness (QED) is 0.0642. The van der Waals surface area contributed by atoms with Gasteiger partial charge in [0.15, 0.2) is 29.2 Å². The van der Waals surface area contributed by atoms with Crippen LogP contribution in [0.4, 0.5) is 4.79 Å². The van der Waals surface area contributed by atoms with E-state index in [2.05, 4.69) is 45.4 Å². The van der Waals surface area contributed by atoms with Crippen molar-refractivity contribution < 1.29 is 38.4 Å². The number of urea groups is 1. The fraction of sp³-hybridized carbons (Fsp3) is 0.250. The molecular weight excluding hydrogens is 616 g/mol. The van der Waals surface area contributed by atoms with Crippen molar-refractivity contribution in [1.82, 2.24) is 16.1 Å². The van der Waals surface area contributed by atoms with E-state index in [1.165, 1.54) is 12.5 Å². The molecule has 250 valence electrons. The molecule has 0 saturated heterocycles. The first-order valence-electron chi connectivity index (χ1n) is 15.3. The summed E-state index contributed by atoms with van der Waals surface area (Å²) >= 11 is 0. The number of methoxy groups -OCH3 is 2. The number of rotatable bonds is 14. The number of allylic oxidation sites excluding steroid dienone is 1. The number of nitrogens with zero attached hydrogens (tertiary/aromatic N) is 1. The number of hydrogen-bond donors (Lipinski definition) is 4. The number of hydrogen-bond acceptors (Lipinski definition) is 10. The average molecular weight is 655 g/mol. The third-order valence-electron chi connectivity index (χ3n) is 7.51. The molecule has 1 heterocycles. The summed E-state index contributed by atoms with van der Waals surface area (Å²) in [5.41, 5.74) is 5.65. The molecule has 1 aliphatic heterocycles. The van der Waals surface area contributed by atoms with Gasteiger partial charge in [0.05, 0.1) is 38.7 Å². The lowest BCUT2D eigenvalue weighted by Crippen LogP contribution is -2.45. The van der Waals surface area contributed by atoms with Crippen LogP contribution in [0.3, 0.4) is 0 Å². The van der Waals surface area contributed by atoms with Crippen LogP contribution in [0.15, 0.2) is 95.2 Å². The molecule has 4 N–H and O–H groups in total. The molecule has 0 aromatic heterocycles. The molecule has 5 rings (SSSR count). The number of fused-ring (bicyclic) bond motifs is 1. The number of nitrogens with one attached hydrogen (secondary N) is 3. The number of benzene rings is 4. The Labute approximate surface area is 278 Å². The van der Waals surface area contributed by atoms with E-state index in [1.54, 1.807) is 50.6 Å². The summed E-state index contributed by atoms with van der Waals surface area (Å²) in [5.74, 6) is 1.29. The van der Waals surface area contributed by atoms with Crippen molar-refractivity contribution >= 4 is 29.0 Å². The SMILES string of the molecule is CCOc1cc([C@H]2NC(=O)NC(C)=C2C(=O)OC)ccc1OC[C@H](O)N/N=C\c1ccc(OCc2ccc3ccccc3c2)c(OC)c1. The van der Waals surface area contributed by atoms with Gasteiger partial charge >= 0.3 is 12.0 Å². The third kappa shape index (κ3) is 8.15. The van der Waals surface area contributed by atoms with E-state index in [0.717, 1.165) is 16.5 Å². The molecule has 4 aromatic rings. The molecule has 0 fully saturated rings. The smallest absolute Gasteiger partial charge is 0.337 e. The molecule has 12 nitrogen and oxygen atoms in total. The first kappa shape index (κ1) is 33.6. The van der Waals surface area contributed by atoms with Gasteiger partial charge in [-0.1, -0.05) is 42.5 Å². The van der Waals surface area contributed by atoms with E-state index in [4.69, 9.17) is 23.7 Å². The highest BCUT2D eigenvalue weighted by Crippen LogP contribution is 2.35. The number of hydrazone groups is 1. The van der Waals surface area contributed by atoms with Crippen molar-refractivity contribution in [3.63, 3.8) is 0 Å². The van der Waals surface area contributed by atoms with Crippen molar-refractivity contribution in [3.8, 4) is 23.0 Å². The van der Waals surface area contributed by atoms with Gasteiger partial charge in [-0.15, -0.1) is 0 Å². The van der Waals surface area contributed by atoms with Crippen molar-refractivity contribution in [1.29, 1.82) is 0 Å². The Morgan fingerprint density at radius 1 is 0.938 bits per heavy atom. The average Bonchev–Trinajstić information content (AvgIpc) is 3.09. The second kappa shape index (κ2) is 15.7. The maximum Gasteiger partial charge on any atom is 0.337 e. The number of aliphatic hydroxyl groups excluding tert-OH is 1. The van der Waals surface area contributed by atoms with Crippen molar-refractivity contribution in [2.75, 3.05) is 27.4 Å². The first-order chi connectivity index (χ1) is 23.3. The Morgan fingerprint density at radius 3 is 2.48 bits per heavy atom. The number of carbonyl (C=O) groups excluding carboxylic acids is 2. The van der Waals surface area contributed by atoms with Crippen LogP contribution in [0.5, 0.6) is 23.0 Å². The van der Waals surface area contributed by atoms with E-state index in [-0.39, 0.29) is 12.2 Å². The Hall–Kier alpha value is -5.75. The standard InChI is InChI=1S/C36H38N4O8/c1-5-46-31-18-27(34-33(35(42)45-4)22(2)38-36(43)39-34)13-15-29(31)48-21-32(41)40-37-19-23-11-14-28(30(17-23)44-3)47-20-24-10-12-25-8-6-7-9-26(25)16-24/h6-19,32,34,40-41H,5,20-21H2,1-4H3,(H2,38,39,43)/b37-19-/t32-,34+/m0/s1. The summed E-state index contributed by atoms with van der Waals surface area (Å²) < 4.78 is 28.1. The third-order valence-corrected chi connectivity index (χ3v) is 7.51. The monoisotopic (exact) mass is 654 g/mol. The molecule has 0 radical (unpaired) electrons. The highest BCUT2D eigenvalue weighted by atomic mass is 16.5. The van der Waals surface area contributed by atoms with E-state index < -0.39 is 24.3 Å². The van der Waals surface area contributed by atoms with Crippen LogP contribution in [-0.2, 0) is 16.1 Å². The van der Waals surface area contributed by atoms with E-state index in [1.807, 2.05) is 31.2 Å². The van der Waals surface area contributed by atoms with Gasteiger partial charge in [0, 0.05) is 5.70 Å². The molecule has 1 aliphatic rings. The molecule has 0 saturated carbocycles. The van der Waals surface area contributed by atoms with Gasteiger partial charge < -0.3 is 39.4 Å². The van der Waals surface area contributed by atoms with Gasteiger partial charge in [-0.25, -0.2) is 9.59 Å².